The number of halogens is 3. The highest BCUT2D eigenvalue weighted by molar-refractivity contribution is 5.88. The van der Waals surface area contributed by atoms with Crippen LogP contribution in [-0.4, -0.2) is 16.1 Å². The molecule has 0 atom stereocenters. The quantitative estimate of drug-likeness (QED) is 0.742. The van der Waals surface area contributed by atoms with E-state index >= 15 is 0 Å². The Hall–Kier alpha value is -1.46. The van der Waals surface area contributed by atoms with Gasteiger partial charge in [0.15, 0.2) is 0 Å². The number of carbonyl (C=O) groups is 1. The largest absolute Gasteiger partial charge is 0.477 e. The molecule has 1 heterocycles. The van der Waals surface area contributed by atoms with Crippen molar-refractivity contribution in [3.63, 3.8) is 0 Å². The standard InChI is InChI=1S/C8H8F3NO2/c1-3-4(2)6(8(9,10)11)12-5(3)7(13)14/h12H,1-2H3,(H,13,14). The van der Waals surface area contributed by atoms with E-state index in [0.717, 1.165) is 0 Å². The Morgan fingerprint density at radius 3 is 2.00 bits per heavy atom. The van der Waals surface area contributed by atoms with E-state index in [9.17, 15) is 18.0 Å². The summed E-state index contributed by atoms with van der Waals surface area (Å²) in [6.07, 6.45) is -4.54. The maximum Gasteiger partial charge on any atom is 0.431 e. The van der Waals surface area contributed by atoms with Crippen LogP contribution in [-0.2, 0) is 6.18 Å². The summed E-state index contributed by atoms with van der Waals surface area (Å²) in [5.41, 5.74) is -1.36. The number of hydrogen-bond acceptors (Lipinski definition) is 1. The maximum absolute atomic E-state index is 12.3. The van der Waals surface area contributed by atoms with Gasteiger partial charge in [0.2, 0.25) is 0 Å². The Labute approximate surface area is 77.6 Å². The number of carboxylic acid groups (broad SMARTS) is 1. The van der Waals surface area contributed by atoms with E-state index in [0.29, 0.717) is 0 Å². The number of aromatic amines is 1. The normalized spacial score (nSPS) is 11.8. The van der Waals surface area contributed by atoms with Crippen molar-refractivity contribution in [2.45, 2.75) is 20.0 Å². The number of carboxylic acids is 1. The van der Waals surface area contributed by atoms with E-state index in [4.69, 9.17) is 5.11 Å². The Bertz CT molecular complexity index is 379. The smallest absolute Gasteiger partial charge is 0.431 e. The average molecular weight is 207 g/mol. The lowest BCUT2D eigenvalue weighted by Crippen LogP contribution is -2.08. The predicted octanol–water partition coefficient (Wildman–Crippen LogP) is 2.35. The molecule has 0 aliphatic carbocycles. The summed E-state index contributed by atoms with van der Waals surface area (Å²) in [5.74, 6) is -1.39. The van der Waals surface area contributed by atoms with Gasteiger partial charge in [-0.05, 0) is 25.0 Å². The third-order valence-electron chi connectivity index (χ3n) is 2.06. The minimum absolute atomic E-state index is 0.0742. The van der Waals surface area contributed by atoms with Crippen LogP contribution in [0.5, 0.6) is 0 Å². The van der Waals surface area contributed by atoms with Crippen molar-refractivity contribution in [1.29, 1.82) is 0 Å². The van der Waals surface area contributed by atoms with E-state index in [-0.39, 0.29) is 11.1 Å². The highest BCUT2D eigenvalue weighted by Gasteiger charge is 2.36. The van der Waals surface area contributed by atoms with Crippen LogP contribution in [0.1, 0.15) is 27.3 Å². The van der Waals surface area contributed by atoms with Crippen LogP contribution in [0.4, 0.5) is 13.2 Å². The maximum atomic E-state index is 12.3. The van der Waals surface area contributed by atoms with Gasteiger partial charge >= 0.3 is 12.1 Å². The molecule has 3 nitrogen and oxygen atoms in total. The van der Waals surface area contributed by atoms with Crippen LogP contribution in [0.2, 0.25) is 0 Å². The number of aromatic carboxylic acids is 1. The van der Waals surface area contributed by atoms with Crippen LogP contribution in [0.3, 0.4) is 0 Å². The van der Waals surface area contributed by atoms with Crippen molar-refractivity contribution in [1.82, 2.24) is 4.98 Å². The highest BCUT2D eigenvalue weighted by Crippen LogP contribution is 2.33. The molecule has 0 unspecified atom stereocenters. The van der Waals surface area contributed by atoms with E-state index in [2.05, 4.69) is 0 Å². The van der Waals surface area contributed by atoms with E-state index in [1.807, 2.05) is 4.98 Å². The van der Waals surface area contributed by atoms with Crippen molar-refractivity contribution in [3.8, 4) is 0 Å². The van der Waals surface area contributed by atoms with Crippen molar-refractivity contribution in [2.24, 2.45) is 0 Å². The second-order valence-electron chi connectivity index (χ2n) is 2.93. The summed E-state index contributed by atoms with van der Waals surface area (Å²) in [6.45, 7) is 2.58. The summed E-state index contributed by atoms with van der Waals surface area (Å²) in [4.78, 5) is 12.4. The van der Waals surface area contributed by atoms with Gasteiger partial charge in [-0.1, -0.05) is 0 Å². The van der Waals surface area contributed by atoms with Gasteiger partial charge in [0.1, 0.15) is 11.4 Å². The van der Waals surface area contributed by atoms with Gasteiger partial charge in [0, 0.05) is 0 Å². The van der Waals surface area contributed by atoms with E-state index in [1.54, 1.807) is 0 Å². The fourth-order valence-electron chi connectivity index (χ4n) is 1.18. The summed E-state index contributed by atoms with van der Waals surface area (Å²) >= 11 is 0. The second kappa shape index (κ2) is 3.04. The fraction of sp³-hybridized carbons (Fsp3) is 0.375. The third kappa shape index (κ3) is 1.59. The molecule has 2 N–H and O–H groups in total. The summed E-state index contributed by atoms with van der Waals surface area (Å²) < 4.78 is 36.8. The first-order valence-corrected chi connectivity index (χ1v) is 3.74. The first-order valence-electron chi connectivity index (χ1n) is 3.74. The zero-order valence-corrected chi connectivity index (χ0v) is 7.49. The highest BCUT2D eigenvalue weighted by atomic mass is 19.4. The van der Waals surface area contributed by atoms with Crippen molar-refractivity contribution in [3.05, 3.63) is 22.5 Å². The van der Waals surface area contributed by atoms with E-state index < -0.39 is 23.5 Å². The molecule has 0 aliphatic heterocycles. The first kappa shape index (κ1) is 10.6. The number of hydrogen-bond donors (Lipinski definition) is 2. The average Bonchev–Trinajstić information content (AvgIpc) is 2.28. The molecule has 0 fully saturated rings. The third-order valence-corrected chi connectivity index (χ3v) is 2.06. The van der Waals surface area contributed by atoms with Crippen molar-refractivity contribution in [2.75, 3.05) is 0 Å². The van der Waals surface area contributed by atoms with Gasteiger partial charge in [-0.3, -0.25) is 0 Å². The lowest BCUT2D eigenvalue weighted by atomic mass is 10.1. The molecular formula is C8H8F3NO2. The monoisotopic (exact) mass is 207 g/mol. The second-order valence-corrected chi connectivity index (χ2v) is 2.93. The van der Waals surface area contributed by atoms with Crippen LogP contribution < -0.4 is 0 Å². The molecule has 78 valence electrons. The number of nitrogens with one attached hydrogen (secondary N) is 1. The molecule has 0 aromatic carbocycles. The van der Waals surface area contributed by atoms with Gasteiger partial charge in [-0.15, -0.1) is 0 Å². The van der Waals surface area contributed by atoms with E-state index in [1.165, 1.54) is 13.8 Å². The topological polar surface area (TPSA) is 53.1 Å². The zero-order chi connectivity index (χ0) is 11.1. The fourth-order valence-corrected chi connectivity index (χ4v) is 1.18. The minimum atomic E-state index is -4.54. The van der Waals surface area contributed by atoms with Gasteiger partial charge in [-0.25, -0.2) is 4.79 Å². The molecule has 6 heteroatoms. The molecule has 0 radical (unpaired) electrons. The predicted molar refractivity (Wildman–Crippen MR) is 42.2 cm³/mol. The Kier molecular flexibility index (Phi) is 2.31. The van der Waals surface area contributed by atoms with Crippen molar-refractivity contribution < 1.29 is 23.1 Å². The Morgan fingerprint density at radius 2 is 1.79 bits per heavy atom. The van der Waals surface area contributed by atoms with Crippen LogP contribution >= 0.6 is 0 Å². The van der Waals surface area contributed by atoms with Crippen LogP contribution in [0.25, 0.3) is 0 Å². The molecule has 1 rings (SSSR count). The molecule has 0 saturated carbocycles. The van der Waals surface area contributed by atoms with Gasteiger partial charge in [-0.2, -0.15) is 13.2 Å². The summed E-state index contributed by atoms with van der Waals surface area (Å²) in [6, 6.07) is 0. The number of rotatable bonds is 1. The molecule has 0 amide bonds. The van der Waals surface area contributed by atoms with Crippen LogP contribution in [0, 0.1) is 13.8 Å². The Balaban J connectivity index is 3.37. The van der Waals surface area contributed by atoms with Crippen molar-refractivity contribution >= 4 is 5.97 Å². The van der Waals surface area contributed by atoms with Gasteiger partial charge < -0.3 is 10.1 Å². The van der Waals surface area contributed by atoms with Gasteiger partial charge in [0.05, 0.1) is 0 Å². The van der Waals surface area contributed by atoms with Crippen LogP contribution in [0.15, 0.2) is 0 Å². The molecule has 0 bridgehead atoms. The number of alkyl halides is 3. The molecule has 0 aliphatic rings. The zero-order valence-electron chi connectivity index (χ0n) is 7.49. The SMILES string of the molecule is Cc1c(C(=O)O)[nH]c(C(F)(F)F)c1C. The summed E-state index contributed by atoms with van der Waals surface area (Å²) in [7, 11) is 0. The lowest BCUT2D eigenvalue weighted by molar-refractivity contribution is -0.141. The molecule has 1 aromatic rings. The molecule has 0 spiro atoms. The first-order chi connectivity index (χ1) is 6.25. The molecule has 14 heavy (non-hydrogen) atoms. The molecule has 0 saturated heterocycles. The summed E-state index contributed by atoms with van der Waals surface area (Å²) in [5, 5.41) is 8.57. The Morgan fingerprint density at radius 1 is 1.29 bits per heavy atom. The molecular weight excluding hydrogens is 199 g/mol. The van der Waals surface area contributed by atoms with Gasteiger partial charge in [0.25, 0.3) is 0 Å². The lowest BCUT2D eigenvalue weighted by Gasteiger charge is -2.04. The minimum Gasteiger partial charge on any atom is -0.477 e. The number of aromatic nitrogens is 1. The molecule has 1 aromatic heterocycles. The number of H-pyrrole nitrogens is 1.